The average Bonchev–Trinajstić information content (AvgIpc) is 3.34. The van der Waals surface area contributed by atoms with Crippen molar-refractivity contribution >= 4 is 23.4 Å². The molecule has 10 heteroatoms. The first kappa shape index (κ1) is 18.6. The van der Waals surface area contributed by atoms with Crippen LogP contribution in [0.2, 0.25) is 0 Å². The number of hydrogen-bond donors (Lipinski definition) is 1. The van der Waals surface area contributed by atoms with Gasteiger partial charge in [0.1, 0.15) is 0 Å². The lowest BCUT2D eigenvalue weighted by atomic mass is 10.2. The highest BCUT2D eigenvalue weighted by molar-refractivity contribution is 7.98. The van der Waals surface area contributed by atoms with Crippen LogP contribution in [0.4, 0.5) is 5.69 Å². The second kappa shape index (κ2) is 8.49. The number of thioether (sulfide) groups is 1. The topological polar surface area (TPSA) is 116 Å². The van der Waals surface area contributed by atoms with Crippen LogP contribution in [-0.4, -0.2) is 25.6 Å². The Kier molecular flexibility index (Phi) is 5.87. The monoisotopic (exact) mass is 387 g/mol. The molecule has 0 saturated carbocycles. The van der Waals surface area contributed by atoms with Crippen molar-refractivity contribution in [1.29, 1.82) is 0 Å². The molecule has 0 aliphatic carbocycles. The van der Waals surface area contributed by atoms with Crippen molar-refractivity contribution < 1.29 is 14.1 Å². The molecule has 1 N–H and O–H groups in total. The number of nitro benzene ring substituents is 1. The quantitative estimate of drug-likeness (QED) is 0.359. The Morgan fingerprint density at radius 1 is 1.30 bits per heavy atom. The largest absolute Gasteiger partial charge is 0.459 e. The number of amides is 1. The predicted molar refractivity (Wildman–Crippen MR) is 98.2 cm³/mol. The summed E-state index contributed by atoms with van der Waals surface area (Å²) < 4.78 is 6.97. The van der Waals surface area contributed by atoms with Crippen LogP contribution in [0.1, 0.15) is 28.9 Å². The fourth-order valence-electron chi connectivity index (χ4n) is 2.39. The summed E-state index contributed by atoms with van der Waals surface area (Å²) >= 11 is 1.48. The summed E-state index contributed by atoms with van der Waals surface area (Å²) in [6.07, 6.45) is 1.44. The normalized spacial score (nSPS) is 10.7. The van der Waals surface area contributed by atoms with Crippen molar-refractivity contribution in [3.8, 4) is 0 Å². The van der Waals surface area contributed by atoms with E-state index in [1.807, 2.05) is 11.5 Å². The van der Waals surface area contributed by atoms with E-state index in [0.29, 0.717) is 18.1 Å². The second-order valence-corrected chi connectivity index (χ2v) is 6.46. The number of rotatable bonds is 8. The van der Waals surface area contributed by atoms with E-state index < -0.39 is 4.92 Å². The lowest BCUT2D eigenvalue weighted by Crippen LogP contribution is -2.24. The number of carbonyl (C=O) groups is 1. The summed E-state index contributed by atoms with van der Waals surface area (Å²) in [5.74, 6) is 1.18. The standard InChI is InChI=1S/C17H17N5O4S/c1-2-21-15(10-18-16(23)14-4-3-9-26-14)19-20-17(21)27-11-12-5-7-13(8-6-12)22(24)25/h3-9H,2,10-11H2,1H3,(H,18,23). The molecular weight excluding hydrogens is 370 g/mol. The van der Waals surface area contributed by atoms with Gasteiger partial charge in [0.15, 0.2) is 16.7 Å². The molecular formula is C17H17N5O4S. The summed E-state index contributed by atoms with van der Waals surface area (Å²) in [4.78, 5) is 22.2. The Bertz CT molecular complexity index is 921. The molecule has 0 bridgehead atoms. The minimum Gasteiger partial charge on any atom is -0.459 e. The third-order valence-electron chi connectivity index (χ3n) is 3.78. The van der Waals surface area contributed by atoms with Crippen molar-refractivity contribution in [2.45, 2.75) is 30.9 Å². The van der Waals surface area contributed by atoms with Gasteiger partial charge in [-0.1, -0.05) is 23.9 Å². The number of benzene rings is 1. The smallest absolute Gasteiger partial charge is 0.287 e. The Labute approximate surface area is 158 Å². The summed E-state index contributed by atoms with van der Waals surface area (Å²) in [5, 5.41) is 22.5. The van der Waals surface area contributed by atoms with E-state index in [2.05, 4.69) is 15.5 Å². The first-order valence-corrected chi connectivity index (χ1v) is 9.17. The van der Waals surface area contributed by atoms with Gasteiger partial charge in [-0.25, -0.2) is 0 Å². The van der Waals surface area contributed by atoms with Gasteiger partial charge in [0.25, 0.3) is 11.6 Å². The molecule has 3 rings (SSSR count). The number of non-ortho nitro benzene ring substituents is 1. The van der Waals surface area contributed by atoms with E-state index in [4.69, 9.17) is 4.42 Å². The zero-order valence-corrected chi connectivity index (χ0v) is 15.3. The molecule has 27 heavy (non-hydrogen) atoms. The van der Waals surface area contributed by atoms with Crippen LogP contribution in [0.25, 0.3) is 0 Å². The first-order valence-electron chi connectivity index (χ1n) is 8.18. The van der Waals surface area contributed by atoms with E-state index >= 15 is 0 Å². The van der Waals surface area contributed by atoms with Crippen molar-refractivity contribution in [2.24, 2.45) is 0 Å². The van der Waals surface area contributed by atoms with Crippen molar-refractivity contribution in [3.05, 3.63) is 69.9 Å². The van der Waals surface area contributed by atoms with E-state index in [9.17, 15) is 14.9 Å². The first-order chi connectivity index (χ1) is 13.1. The summed E-state index contributed by atoms with van der Waals surface area (Å²) in [6, 6.07) is 9.65. The highest BCUT2D eigenvalue weighted by atomic mass is 32.2. The SMILES string of the molecule is CCn1c(CNC(=O)c2ccco2)nnc1SCc1ccc([N+](=O)[O-])cc1. The molecule has 0 radical (unpaired) electrons. The van der Waals surface area contributed by atoms with Gasteiger partial charge in [-0.3, -0.25) is 14.9 Å². The average molecular weight is 387 g/mol. The molecule has 2 aromatic heterocycles. The Morgan fingerprint density at radius 2 is 2.07 bits per heavy atom. The van der Waals surface area contributed by atoms with Gasteiger partial charge in [-0.2, -0.15) is 0 Å². The van der Waals surface area contributed by atoms with Crippen LogP contribution in [0.15, 0.2) is 52.2 Å². The summed E-state index contributed by atoms with van der Waals surface area (Å²) in [7, 11) is 0. The number of nitrogens with one attached hydrogen (secondary N) is 1. The van der Waals surface area contributed by atoms with Crippen LogP contribution in [0, 0.1) is 10.1 Å². The minimum absolute atomic E-state index is 0.0649. The molecule has 0 spiro atoms. The summed E-state index contributed by atoms with van der Waals surface area (Å²) in [5.41, 5.74) is 1.01. The fourth-order valence-corrected chi connectivity index (χ4v) is 3.37. The molecule has 140 valence electrons. The van der Waals surface area contributed by atoms with Crippen LogP contribution in [0.5, 0.6) is 0 Å². The van der Waals surface area contributed by atoms with Gasteiger partial charge in [0.2, 0.25) is 0 Å². The number of aromatic nitrogens is 3. The lowest BCUT2D eigenvalue weighted by molar-refractivity contribution is -0.384. The zero-order valence-electron chi connectivity index (χ0n) is 14.5. The van der Waals surface area contributed by atoms with E-state index in [-0.39, 0.29) is 23.9 Å². The van der Waals surface area contributed by atoms with Gasteiger partial charge in [0, 0.05) is 24.4 Å². The highest BCUT2D eigenvalue weighted by Crippen LogP contribution is 2.23. The molecule has 0 saturated heterocycles. The van der Waals surface area contributed by atoms with Crippen LogP contribution in [-0.2, 0) is 18.8 Å². The molecule has 3 aromatic rings. The maximum atomic E-state index is 12.0. The molecule has 2 heterocycles. The van der Waals surface area contributed by atoms with Crippen molar-refractivity contribution in [3.63, 3.8) is 0 Å². The number of carbonyl (C=O) groups excluding carboxylic acids is 1. The number of nitro groups is 1. The highest BCUT2D eigenvalue weighted by Gasteiger charge is 2.14. The Balaban J connectivity index is 1.61. The fraction of sp³-hybridized carbons (Fsp3) is 0.235. The van der Waals surface area contributed by atoms with E-state index in [0.717, 1.165) is 10.7 Å². The van der Waals surface area contributed by atoms with Gasteiger partial charge < -0.3 is 14.3 Å². The zero-order chi connectivity index (χ0) is 19.2. The molecule has 0 aliphatic rings. The van der Waals surface area contributed by atoms with Crippen LogP contribution < -0.4 is 5.32 Å². The second-order valence-electron chi connectivity index (χ2n) is 5.52. The third kappa shape index (κ3) is 4.53. The summed E-state index contributed by atoms with van der Waals surface area (Å²) in [6.45, 7) is 2.86. The maximum absolute atomic E-state index is 12.0. The van der Waals surface area contributed by atoms with E-state index in [1.54, 1.807) is 24.3 Å². The van der Waals surface area contributed by atoms with Crippen LogP contribution >= 0.6 is 11.8 Å². The lowest BCUT2D eigenvalue weighted by Gasteiger charge is -2.08. The van der Waals surface area contributed by atoms with Crippen molar-refractivity contribution in [2.75, 3.05) is 0 Å². The third-order valence-corrected chi connectivity index (χ3v) is 4.81. The number of nitrogens with zero attached hydrogens (tertiary/aromatic N) is 4. The van der Waals surface area contributed by atoms with Crippen molar-refractivity contribution in [1.82, 2.24) is 20.1 Å². The molecule has 1 aromatic carbocycles. The number of hydrogen-bond acceptors (Lipinski definition) is 7. The van der Waals surface area contributed by atoms with Gasteiger partial charge in [0.05, 0.1) is 17.7 Å². The number of furan rings is 1. The molecule has 0 aliphatic heterocycles. The molecule has 0 unspecified atom stereocenters. The van der Waals surface area contributed by atoms with Gasteiger partial charge in [-0.05, 0) is 24.6 Å². The maximum Gasteiger partial charge on any atom is 0.287 e. The molecule has 0 fully saturated rings. The molecule has 1 amide bonds. The van der Waals surface area contributed by atoms with Crippen LogP contribution in [0.3, 0.4) is 0 Å². The molecule has 0 atom stereocenters. The van der Waals surface area contributed by atoms with Gasteiger partial charge >= 0.3 is 0 Å². The Hall–Kier alpha value is -3.14. The predicted octanol–water partition coefficient (Wildman–Crippen LogP) is 3.02. The van der Waals surface area contributed by atoms with Gasteiger partial charge in [-0.15, -0.1) is 10.2 Å². The molecule has 9 nitrogen and oxygen atoms in total. The van der Waals surface area contributed by atoms with E-state index in [1.165, 1.54) is 30.2 Å². The minimum atomic E-state index is -0.423. The Morgan fingerprint density at radius 3 is 2.70 bits per heavy atom.